The number of hydrogen-bond acceptors (Lipinski definition) is 2. The lowest BCUT2D eigenvalue weighted by molar-refractivity contribution is 0.141. The van der Waals surface area contributed by atoms with Gasteiger partial charge < -0.3 is 14.9 Å². The van der Waals surface area contributed by atoms with Crippen molar-refractivity contribution in [3.05, 3.63) is 66.2 Å². The molecule has 0 atom stereocenters. The van der Waals surface area contributed by atoms with Crippen molar-refractivity contribution in [2.75, 3.05) is 31.1 Å². The smallest absolute Gasteiger partial charge is 0.132 e. The zero-order chi connectivity index (χ0) is 20.8. The van der Waals surface area contributed by atoms with Gasteiger partial charge in [-0.3, -0.25) is 4.90 Å². The van der Waals surface area contributed by atoms with Crippen LogP contribution in [0.5, 0.6) is 0 Å². The molecule has 1 saturated carbocycles. The molecule has 160 valence electrons. The number of halogens is 1. The van der Waals surface area contributed by atoms with Gasteiger partial charge in [-0.25, -0.2) is 4.39 Å². The highest BCUT2D eigenvalue weighted by atomic mass is 19.1. The first-order valence-electron chi connectivity index (χ1n) is 11.6. The molecule has 5 heteroatoms. The molecular weight excluding hydrogens is 387 g/mol. The van der Waals surface area contributed by atoms with E-state index in [0.29, 0.717) is 12.0 Å². The van der Waals surface area contributed by atoms with Gasteiger partial charge in [0.25, 0.3) is 0 Å². The number of benzene rings is 2. The number of rotatable bonds is 3. The predicted molar refractivity (Wildman–Crippen MR) is 125 cm³/mol. The van der Waals surface area contributed by atoms with Crippen molar-refractivity contribution in [2.45, 2.75) is 37.6 Å². The van der Waals surface area contributed by atoms with Crippen LogP contribution in [0.1, 0.15) is 37.2 Å². The highest BCUT2D eigenvalue weighted by Gasteiger charge is 2.30. The Morgan fingerprint density at radius 3 is 2.42 bits per heavy atom. The van der Waals surface area contributed by atoms with E-state index < -0.39 is 0 Å². The SMILES string of the molecule is Fc1cccc2[nH]cc([C@H]3CC[C@@H](N4CCN(c5cccc6[nH]ccc56)CC4)CC3)c12. The highest BCUT2D eigenvalue weighted by Crippen LogP contribution is 2.39. The molecule has 2 N–H and O–H groups in total. The molecule has 6 rings (SSSR count). The molecule has 1 saturated heterocycles. The highest BCUT2D eigenvalue weighted by molar-refractivity contribution is 5.92. The summed E-state index contributed by atoms with van der Waals surface area (Å²) in [6, 6.07) is 14.7. The van der Waals surface area contributed by atoms with Crippen LogP contribution in [0, 0.1) is 5.82 Å². The summed E-state index contributed by atoms with van der Waals surface area (Å²) >= 11 is 0. The molecule has 1 aliphatic heterocycles. The van der Waals surface area contributed by atoms with Crippen LogP contribution in [-0.2, 0) is 0 Å². The van der Waals surface area contributed by atoms with Gasteiger partial charge >= 0.3 is 0 Å². The lowest BCUT2D eigenvalue weighted by Gasteiger charge is -2.42. The maximum absolute atomic E-state index is 14.4. The van der Waals surface area contributed by atoms with Crippen molar-refractivity contribution in [1.29, 1.82) is 0 Å². The van der Waals surface area contributed by atoms with Crippen molar-refractivity contribution in [3.8, 4) is 0 Å². The third kappa shape index (κ3) is 3.32. The maximum Gasteiger partial charge on any atom is 0.132 e. The van der Waals surface area contributed by atoms with Gasteiger partial charge in [-0.2, -0.15) is 0 Å². The number of aromatic nitrogens is 2. The van der Waals surface area contributed by atoms with Crippen LogP contribution >= 0.6 is 0 Å². The first kappa shape index (κ1) is 18.9. The lowest BCUT2D eigenvalue weighted by atomic mass is 9.81. The van der Waals surface area contributed by atoms with Crippen molar-refractivity contribution >= 4 is 27.5 Å². The first-order valence-corrected chi connectivity index (χ1v) is 11.6. The molecule has 0 radical (unpaired) electrons. The number of H-pyrrole nitrogens is 2. The minimum Gasteiger partial charge on any atom is -0.368 e. The molecule has 2 aromatic carbocycles. The van der Waals surface area contributed by atoms with E-state index in [1.54, 1.807) is 12.1 Å². The molecule has 1 aliphatic carbocycles. The van der Waals surface area contributed by atoms with Crippen molar-refractivity contribution in [2.24, 2.45) is 0 Å². The average Bonchev–Trinajstić information content (AvgIpc) is 3.47. The normalized spacial score (nSPS) is 23.1. The summed E-state index contributed by atoms with van der Waals surface area (Å²) in [5, 5.41) is 2.13. The second kappa shape index (κ2) is 7.72. The summed E-state index contributed by atoms with van der Waals surface area (Å²) in [5.74, 6) is 0.374. The molecule has 31 heavy (non-hydrogen) atoms. The summed E-state index contributed by atoms with van der Waals surface area (Å²) in [6.07, 6.45) is 8.78. The minimum absolute atomic E-state index is 0.0931. The molecule has 2 aliphatic rings. The molecule has 3 heterocycles. The number of anilines is 1. The van der Waals surface area contributed by atoms with Gasteiger partial charge in [0.05, 0.1) is 0 Å². The summed E-state index contributed by atoms with van der Waals surface area (Å²) < 4.78 is 14.4. The molecule has 0 bridgehead atoms. The number of aromatic amines is 2. The van der Waals surface area contributed by atoms with Crippen LogP contribution in [0.15, 0.2) is 54.9 Å². The van der Waals surface area contributed by atoms with Crippen LogP contribution < -0.4 is 4.90 Å². The van der Waals surface area contributed by atoms with Crippen LogP contribution in [-0.4, -0.2) is 47.1 Å². The second-order valence-electron chi connectivity index (χ2n) is 9.15. The van der Waals surface area contributed by atoms with E-state index in [2.05, 4.69) is 44.0 Å². The van der Waals surface area contributed by atoms with E-state index in [-0.39, 0.29) is 5.82 Å². The Bertz CT molecular complexity index is 1190. The molecule has 2 fully saturated rings. The molecule has 4 nitrogen and oxygen atoms in total. The molecule has 0 unspecified atom stereocenters. The van der Waals surface area contributed by atoms with E-state index in [4.69, 9.17) is 0 Å². The van der Waals surface area contributed by atoms with E-state index >= 15 is 0 Å². The van der Waals surface area contributed by atoms with E-state index in [1.807, 2.05) is 18.5 Å². The van der Waals surface area contributed by atoms with Crippen molar-refractivity contribution in [1.82, 2.24) is 14.9 Å². The Morgan fingerprint density at radius 1 is 0.806 bits per heavy atom. The third-order valence-corrected chi connectivity index (χ3v) is 7.57. The number of fused-ring (bicyclic) bond motifs is 2. The molecular formula is C26H29FN4. The van der Waals surface area contributed by atoms with Gasteiger partial charge in [-0.15, -0.1) is 0 Å². The number of nitrogens with zero attached hydrogens (tertiary/aromatic N) is 2. The summed E-state index contributed by atoms with van der Waals surface area (Å²) in [7, 11) is 0. The minimum atomic E-state index is -0.0931. The largest absolute Gasteiger partial charge is 0.368 e. The van der Waals surface area contributed by atoms with E-state index in [0.717, 1.165) is 49.9 Å². The third-order valence-electron chi connectivity index (χ3n) is 7.57. The number of nitrogens with one attached hydrogen (secondary N) is 2. The van der Waals surface area contributed by atoms with Gasteiger partial charge in [-0.05, 0) is 67.5 Å². The van der Waals surface area contributed by atoms with Crippen LogP contribution in [0.4, 0.5) is 10.1 Å². The van der Waals surface area contributed by atoms with E-state index in [1.165, 1.54) is 35.0 Å². The second-order valence-corrected chi connectivity index (χ2v) is 9.15. The molecule has 4 aromatic rings. The van der Waals surface area contributed by atoms with Gasteiger partial charge in [0, 0.05) is 72.1 Å². The van der Waals surface area contributed by atoms with Crippen molar-refractivity contribution in [3.63, 3.8) is 0 Å². The Morgan fingerprint density at radius 2 is 1.58 bits per heavy atom. The fraction of sp³-hybridized carbons (Fsp3) is 0.385. The Kier molecular flexibility index (Phi) is 4.72. The maximum atomic E-state index is 14.4. The van der Waals surface area contributed by atoms with Gasteiger partial charge in [0.2, 0.25) is 0 Å². The van der Waals surface area contributed by atoms with Crippen molar-refractivity contribution < 1.29 is 4.39 Å². The standard InChI is InChI=1S/C26H29FN4/c27-22-3-1-5-24-26(22)21(17-29-24)18-7-9-19(10-8-18)30-13-15-31(16-14-30)25-6-2-4-23-20(25)11-12-28-23/h1-6,11-12,17-19,28-29H,7-10,13-16H2/t18-,19+. The average molecular weight is 417 g/mol. The molecule has 2 aromatic heterocycles. The number of piperazine rings is 1. The van der Waals surface area contributed by atoms with Crippen LogP contribution in [0.25, 0.3) is 21.8 Å². The summed E-state index contributed by atoms with van der Waals surface area (Å²) in [6.45, 7) is 4.41. The van der Waals surface area contributed by atoms with Crippen LogP contribution in [0.3, 0.4) is 0 Å². The zero-order valence-electron chi connectivity index (χ0n) is 17.8. The topological polar surface area (TPSA) is 38.1 Å². The monoisotopic (exact) mass is 416 g/mol. The van der Waals surface area contributed by atoms with Gasteiger partial charge in [0.15, 0.2) is 0 Å². The Balaban J connectivity index is 1.10. The Labute approximate surface area is 182 Å². The van der Waals surface area contributed by atoms with Gasteiger partial charge in [0.1, 0.15) is 5.82 Å². The quantitative estimate of drug-likeness (QED) is 0.454. The Hall–Kier alpha value is -2.79. The van der Waals surface area contributed by atoms with E-state index in [9.17, 15) is 4.39 Å². The predicted octanol–water partition coefficient (Wildman–Crippen LogP) is 5.64. The number of hydrogen-bond donors (Lipinski definition) is 2. The summed E-state index contributed by atoms with van der Waals surface area (Å²) in [5.41, 5.74) is 4.66. The van der Waals surface area contributed by atoms with Gasteiger partial charge in [-0.1, -0.05) is 12.1 Å². The zero-order valence-corrected chi connectivity index (χ0v) is 17.8. The van der Waals surface area contributed by atoms with Crippen LogP contribution in [0.2, 0.25) is 0 Å². The molecule has 0 spiro atoms. The summed E-state index contributed by atoms with van der Waals surface area (Å²) in [4.78, 5) is 11.8. The first-order chi connectivity index (χ1) is 15.3. The fourth-order valence-electron chi connectivity index (χ4n) is 5.91. The fourth-order valence-corrected chi connectivity index (χ4v) is 5.91. The lowest BCUT2D eigenvalue weighted by Crippen LogP contribution is -2.51. The molecule has 0 amide bonds.